The van der Waals surface area contributed by atoms with Crippen LogP contribution in [0.1, 0.15) is 23.6 Å². The lowest BCUT2D eigenvalue weighted by Gasteiger charge is -2.23. The van der Waals surface area contributed by atoms with Crippen LogP contribution in [0.4, 0.5) is 16.2 Å². The molecule has 1 heterocycles. The number of carbonyl (C=O) groups excluding carboxylic acids is 1. The van der Waals surface area contributed by atoms with Gasteiger partial charge in [-0.3, -0.25) is 10.1 Å². The zero-order valence-corrected chi connectivity index (χ0v) is 14.4. The van der Waals surface area contributed by atoms with E-state index in [0.29, 0.717) is 11.3 Å². The minimum atomic E-state index is -1.19. The van der Waals surface area contributed by atoms with E-state index in [1.807, 2.05) is 10.8 Å². The number of thiophene rings is 1. The normalized spacial score (nSPS) is 13.2. The summed E-state index contributed by atoms with van der Waals surface area (Å²) in [5.41, 5.74) is 0.982. The first-order chi connectivity index (χ1) is 11.2. The smallest absolute Gasteiger partial charge is 0.319 e. The zero-order valence-electron chi connectivity index (χ0n) is 13.6. The number of carbonyl (C=O) groups is 1. The fourth-order valence-electron chi connectivity index (χ4n) is 2.31. The van der Waals surface area contributed by atoms with E-state index in [9.17, 15) is 20.0 Å². The van der Waals surface area contributed by atoms with E-state index < -0.39 is 16.6 Å². The van der Waals surface area contributed by atoms with Crippen molar-refractivity contribution in [3.05, 3.63) is 55.8 Å². The molecule has 0 bridgehead atoms. The number of nitrogens with one attached hydrogen (secondary N) is 2. The summed E-state index contributed by atoms with van der Waals surface area (Å²) in [4.78, 5) is 22.6. The van der Waals surface area contributed by atoms with Crippen molar-refractivity contribution in [3.8, 4) is 0 Å². The molecule has 0 aliphatic rings. The number of hydrogen-bond donors (Lipinski definition) is 3. The van der Waals surface area contributed by atoms with Gasteiger partial charge in [0.1, 0.15) is 5.60 Å². The van der Waals surface area contributed by atoms with Crippen molar-refractivity contribution in [2.24, 2.45) is 0 Å². The van der Waals surface area contributed by atoms with E-state index in [1.54, 1.807) is 32.9 Å². The summed E-state index contributed by atoms with van der Waals surface area (Å²) < 4.78 is 0. The fourth-order valence-corrected chi connectivity index (χ4v) is 3.09. The molecule has 128 valence electrons. The lowest BCUT2D eigenvalue weighted by Crippen LogP contribution is -2.40. The topological polar surface area (TPSA) is 105 Å². The molecule has 0 aliphatic carbocycles. The summed E-state index contributed by atoms with van der Waals surface area (Å²) in [5.74, 6) is 0. The van der Waals surface area contributed by atoms with Gasteiger partial charge >= 0.3 is 6.03 Å². The van der Waals surface area contributed by atoms with Crippen LogP contribution in [0.5, 0.6) is 0 Å². The first-order valence-corrected chi connectivity index (χ1v) is 8.21. The van der Waals surface area contributed by atoms with Crippen molar-refractivity contribution in [2.45, 2.75) is 26.4 Å². The van der Waals surface area contributed by atoms with Crippen molar-refractivity contribution in [1.82, 2.24) is 5.32 Å². The molecule has 1 atom stereocenters. The van der Waals surface area contributed by atoms with Gasteiger partial charge in [0.05, 0.1) is 22.7 Å². The Bertz CT molecular complexity index is 757. The second-order valence-corrected chi connectivity index (χ2v) is 6.53. The maximum Gasteiger partial charge on any atom is 0.319 e. The van der Waals surface area contributed by atoms with Crippen molar-refractivity contribution >= 4 is 28.7 Å². The third-order valence-corrected chi connectivity index (χ3v) is 4.50. The lowest BCUT2D eigenvalue weighted by atomic mass is 9.99. The maximum atomic E-state index is 12.1. The van der Waals surface area contributed by atoms with Gasteiger partial charge < -0.3 is 15.7 Å². The molecular weight excluding hydrogens is 330 g/mol. The average molecular weight is 349 g/mol. The monoisotopic (exact) mass is 349 g/mol. The van der Waals surface area contributed by atoms with Crippen LogP contribution in [0.25, 0.3) is 0 Å². The highest BCUT2D eigenvalue weighted by Gasteiger charge is 2.24. The molecule has 1 aromatic carbocycles. The van der Waals surface area contributed by atoms with E-state index in [2.05, 4.69) is 10.6 Å². The average Bonchev–Trinajstić information content (AvgIpc) is 3.04. The summed E-state index contributed by atoms with van der Waals surface area (Å²) in [7, 11) is 0. The van der Waals surface area contributed by atoms with Crippen molar-refractivity contribution in [2.75, 3.05) is 11.9 Å². The second kappa shape index (κ2) is 6.98. The molecule has 0 fully saturated rings. The number of nitro groups is 1. The van der Waals surface area contributed by atoms with E-state index in [4.69, 9.17) is 0 Å². The van der Waals surface area contributed by atoms with Crippen molar-refractivity contribution in [1.29, 1.82) is 0 Å². The molecule has 0 radical (unpaired) electrons. The van der Waals surface area contributed by atoms with Crippen LogP contribution in [0.3, 0.4) is 0 Å². The van der Waals surface area contributed by atoms with Crippen LogP contribution in [-0.2, 0) is 5.60 Å². The first-order valence-electron chi connectivity index (χ1n) is 7.27. The predicted octanol–water partition coefficient (Wildman–Crippen LogP) is 3.30. The van der Waals surface area contributed by atoms with Gasteiger partial charge in [-0.1, -0.05) is 6.07 Å². The molecule has 8 heteroatoms. The van der Waals surface area contributed by atoms with Crippen molar-refractivity contribution in [3.63, 3.8) is 0 Å². The standard InChI is InChI=1S/C16H19N3O4S/c1-10-4-5-13(19(22)23)11(2)14(10)18-15(20)17-9-16(3,21)12-6-7-24-8-12/h4-8,21H,9H2,1-3H3,(H2,17,18,20). The summed E-state index contributed by atoms with van der Waals surface area (Å²) >= 11 is 1.46. The van der Waals surface area contributed by atoms with Gasteiger partial charge in [0.2, 0.25) is 0 Å². The summed E-state index contributed by atoms with van der Waals surface area (Å²) in [5, 5.41) is 30.3. The number of hydrogen-bond acceptors (Lipinski definition) is 5. The maximum absolute atomic E-state index is 12.1. The van der Waals surface area contributed by atoms with Gasteiger partial charge in [0, 0.05) is 6.07 Å². The van der Waals surface area contributed by atoms with Gasteiger partial charge in [-0.05, 0) is 48.7 Å². The third-order valence-electron chi connectivity index (χ3n) is 3.82. The van der Waals surface area contributed by atoms with Crippen LogP contribution in [0.15, 0.2) is 29.0 Å². The lowest BCUT2D eigenvalue weighted by molar-refractivity contribution is -0.385. The molecule has 2 amide bonds. The Morgan fingerprint density at radius 3 is 2.67 bits per heavy atom. The minimum Gasteiger partial charge on any atom is -0.384 e. The highest BCUT2D eigenvalue weighted by Crippen LogP contribution is 2.28. The van der Waals surface area contributed by atoms with Gasteiger partial charge in [-0.25, -0.2) is 4.79 Å². The quantitative estimate of drug-likeness (QED) is 0.569. The molecule has 24 heavy (non-hydrogen) atoms. The van der Waals surface area contributed by atoms with Crippen LogP contribution in [0, 0.1) is 24.0 Å². The molecular formula is C16H19N3O4S. The largest absolute Gasteiger partial charge is 0.384 e. The number of urea groups is 1. The molecule has 2 aromatic rings. The number of anilines is 1. The molecule has 0 aliphatic heterocycles. The van der Waals surface area contributed by atoms with Crippen LogP contribution >= 0.6 is 11.3 Å². The molecule has 0 saturated carbocycles. The number of rotatable bonds is 5. The van der Waals surface area contributed by atoms with Gasteiger partial charge in [-0.2, -0.15) is 11.3 Å². The molecule has 1 aromatic heterocycles. The van der Waals surface area contributed by atoms with Gasteiger partial charge in [0.25, 0.3) is 5.69 Å². The Morgan fingerprint density at radius 1 is 1.38 bits per heavy atom. The van der Waals surface area contributed by atoms with Gasteiger partial charge in [0.15, 0.2) is 0 Å². The Kier molecular flexibility index (Phi) is 5.20. The van der Waals surface area contributed by atoms with Crippen LogP contribution in [0.2, 0.25) is 0 Å². The molecule has 2 rings (SSSR count). The molecule has 0 spiro atoms. The molecule has 0 saturated heterocycles. The number of nitro benzene ring substituents is 1. The predicted molar refractivity (Wildman–Crippen MR) is 93.5 cm³/mol. The molecule has 1 unspecified atom stereocenters. The van der Waals surface area contributed by atoms with Crippen molar-refractivity contribution < 1.29 is 14.8 Å². The Balaban J connectivity index is 2.08. The van der Waals surface area contributed by atoms with E-state index in [0.717, 1.165) is 11.1 Å². The minimum absolute atomic E-state index is 0.0165. The number of amides is 2. The Labute approximate surface area is 143 Å². The van der Waals surface area contributed by atoms with Gasteiger partial charge in [-0.15, -0.1) is 0 Å². The van der Waals surface area contributed by atoms with Crippen LogP contribution < -0.4 is 10.6 Å². The van der Waals surface area contributed by atoms with Crippen LogP contribution in [-0.4, -0.2) is 22.6 Å². The number of nitrogens with zero attached hydrogens (tertiary/aromatic N) is 1. The number of aryl methyl sites for hydroxylation is 1. The van der Waals surface area contributed by atoms with E-state index in [1.165, 1.54) is 17.4 Å². The highest BCUT2D eigenvalue weighted by atomic mass is 32.1. The zero-order chi connectivity index (χ0) is 17.9. The number of benzene rings is 1. The Hall–Kier alpha value is -2.45. The fraction of sp³-hybridized carbons (Fsp3) is 0.312. The SMILES string of the molecule is Cc1ccc([N+](=O)[O-])c(C)c1NC(=O)NCC(C)(O)c1ccsc1. The summed E-state index contributed by atoms with van der Waals surface area (Å²) in [6, 6.07) is 4.26. The summed E-state index contributed by atoms with van der Waals surface area (Å²) in [6.45, 7) is 4.97. The molecule has 3 N–H and O–H groups in total. The van der Waals surface area contributed by atoms with E-state index >= 15 is 0 Å². The Morgan fingerprint density at radius 2 is 2.08 bits per heavy atom. The highest BCUT2D eigenvalue weighted by molar-refractivity contribution is 7.08. The second-order valence-electron chi connectivity index (χ2n) is 5.75. The third kappa shape index (κ3) is 3.90. The first kappa shape index (κ1) is 17.9. The number of aliphatic hydroxyl groups is 1. The summed E-state index contributed by atoms with van der Waals surface area (Å²) in [6.07, 6.45) is 0. The van der Waals surface area contributed by atoms with E-state index in [-0.39, 0.29) is 12.2 Å². The molecule has 7 nitrogen and oxygen atoms in total.